The molecule has 0 aliphatic heterocycles. The molecule has 2 heterocycles. The van der Waals surface area contributed by atoms with Crippen LogP contribution in [0, 0.1) is 5.92 Å². The number of nitrogens with zero attached hydrogens (tertiary/aromatic N) is 2. The van der Waals surface area contributed by atoms with Gasteiger partial charge in [0.15, 0.2) is 11.9 Å². The second kappa shape index (κ2) is 32.0. The van der Waals surface area contributed by atoms with Crippen LogP contribution < -0.4 is 82.7 Å². The summed E-state index contributed by atoms with van der Waals surface area (Å²) in [7, 11) is 0. The number of carbonyl (C=O) groups is 11. The molecular formula is C53H77N19O12. The molecule has 0 unspecified atom stereocenters. The molecule has 0 spiro atoms. The van der Waals surface area contributed by atoms with Gasteiger partial charge in [0.1, 0.15) is 48.3 Å². The van der Waals surface area contributed by atoms with Crippen molar-refractivity contribution in [3.63, 3.8) is 0 Å². The molecule has 0 radical (unpaired) electrons. The van der Waals surface area contributed by atoms with Gasteiger partial charge in [0, 0.05) is 60.1 Å². The molecule has 2 aromatic carbocycles. The molecule has 84 heavy (non-hydrogen) atoms. The normalized spacial score (nSPS) is 14.3. The van der Waals surface area contributed by atoms with Gasteiger partial charge >= 0.3 is 5.97 Å². The van der Waals surface area contributed by atoms with Crippen molar-refractivity contribution in [2.45, 2.75) is 133 Å². The number of primary amides is 2. The molecule has 4 aromatic rings. The number of carboxylic acids is 1. The van der Waals surface area contributed by atoms with E-state index in [0.29, 0.717) is 22.0 Å². The van der Waals surface area contributed by atoms with Gasteiger partial charge in [-0.2, -0.15) is 0 Å². The van der Waals surface area contributed by atoms with Crippen LogP contribution in [0.1, 0.15) is 77.3 Å². The fraction of sp³-hybridized carbons (Fsp3) is 0.453. The van der Waals surface area contributed by atoms with Crippen molar-refractivity contribution < 1.29 is 57.8 Å². The van der Waals surface area contributed by atoms with Crippen LogP contribution in [0.25, 0.3) is 21.8 Å². The average Bonchev–Trinajstić information content (AvgIpc) is 3.88. The number of aromatic amines is 2. The van der Waals surface area contributed by atoms with Crippen molar-refractivity contribution in [1.82, 2.24) is 52.5 Å². The van der Waals surface area contributed by atoms with E-state index in [4.69, 9.17) is 40.1 Å². The number of para-hydroxylation sites is 2. The summed E-state index contributed by atoms with van der Waals surface area (Å²) in [6.07, 6.45) is 1.50. The smallest absolute Gasteiger partial charge is 0.326 e. The molecule has 31 nitrogen and oxygen atoms in total. The summed E-state index contributed by atoms with van der Waals surface area (Å²) in [5.74, 6) is -11.8. The molecule has 0 aliphatic rings. The number of hydrogen-bond donors (Lipinski definition) is 18. The third-order valence-corrected chi connectivity index (χ3v) is 13.1. The highest BCUT2D eigenvalue weighted by Gasteiger charge is 2.36. The number of benzene rings is 2. The number of amides is 10. The van der Waals surface area contributed by atoms with Crippen LogP contribution in [0.2, 0.25) is 0 Å². The van der Waals surface area contributed by atoms with Crippen molar-refractivity contribution in [1.29, 1.82) is 0 Å². The number of H-pyrrole nitrogens is 2. The molecule has 25 N–H and O–H groups in total. The summed E-state index contributed by atoms with van der Waals surface area (Å²) in [5.41, 5.74) is 40.7. The maximum Gasteiger partial charge on any atom is 0.326 e. The Morgan fingerprint density at radius 1 is 0.476 bits per heavy atom. The Hall–Kier alpha value is -9.81. The van der Waals surface area contributed by atoms with Gasteiger partial charge in [0.25, 0.3) is 0 Å². The maximum atomic E-state index is 14.6. The Balaban J connectivity index is 1.59. The summed E-state index contributed by atoms with van der Waals surface area (Å²) < 4.78 is 0. The van der Waals surface area contributed by atoms with Gasteiger partial charge in [-0.15, -0.1) is 0 Å². The first kappa shape index (κ1) is 66.7. The van der Waals surface area contributed by atoms with E-state index in [2.05, 4.69) is 62.5 Å². The second-order valence-corrected chi connectivity index (χ2v) is 20.3. The molecule has 10 amide bonds. The zero-order valence-electron chi connectivity index (χ0n) is 47.0. The van der Waals surface area contributed by atoms with Crippen molar-refractivity contribution in [2.75, 3.05) is 13.1 Å². The number of aliphatic carboxylic acids is 1. The number of guanidine groups is 2. The summed E-state index contributed by atoms with van der Waals surface area (Å²) >= 11 is 0. The summed E-state index contributed by atoms with van der Waals surface area (Å²) in [6.45, 7) is 5.89. The van der Waals surface area contributed by atoms with E-state index in [1.54, 1.807) is 68.7 Å². The fourth-order valence-corrected chi connectivity index (χ4v) is 8.67. The van der Waals surface area contributed by atoms with Crippen molar-refractivity contribution in [2.24, 2.45) is 56.0 Å². The highest BCUT2D eigenvalue weighted by Crippen LogP contribution is 2.21. The van der Waals surface area contributed by atoms with Gasteiger partial charge in [0.05, 0.1) is 18.9 Å². The van der Waals surface area contributed by atoms with Gasteiger partial charge in [-0.25, -0.2) is 4.79 Å². The second-order valence-electron chi connectivity index (χ2n) is 20.3. The zero-order valence-corrected chi connectivity index (χ0v) is 47.0. The first-order valence-corrected chi connectivity index (χ1v) is 26.8. The lowest BCUT2D eigenvalue weighted by Gasteiger charge is -2.28. The molecule has 9 atom stereocenters. The summed E-state index contributed by atoms with van der Waals surface area (Å²) in [6, 6.07) is 1.25. The largest absolute Gasteiger partial charge is 0.480 e. The van der Waals surface area contributed by atoms with Gasteiger partial charge in [0.2, 0.25) is 59.1 Å². The summed E-state index contributed by atoms with van der Waals surface area (Å²) in [4.78, 5) is 161. The molecule has 0 aliphatic carbocycles. The number of rotatable bonds is 34. The molecule has 4 rings (SSSR count). The Bertz CT molecular complexity index is 3080. The summed E-state index contributed by atoms with van der Waals surface area (Å²) in [5, 5.41) is 31.5. The first-order valence-electron chi connectivity index (χ1n) is 26.8. The average molecular weight is 1170 g/mol. The van der Waals surface area contributed by atoms with E-state index in [1.807, 2.05) is 6.07 Å². The van der Waals surface area contributed by atoms with Gasteiger partial charge in [-0.1, -0.05) is 50.2 Å². The number of fused-ring (bicyclic) bond motifs is 2. The molecule has 0 bridgehead atoms. The highest BCUT2D eigenvalue weighted by atomic mass is 16.4. The van der Waals surface area contributed by atoms with Crippen LogP contribution in [0.5, 0.6) is 0 Å². The minimum absolute atomic E-state index is 0.0307. The third-order valence-electron chi connectivity index (χ3n) is 13.1. The highest BCUT2D eigenvalue weighted by molar-refractivity contribution is 6.00. The minimum Gasteiger partial charge on any atom is -0.480 e. The van der Waals surface area contributed by atoms with Crippen molar-refractivity contribution in [3.05, 3.63) is 72.1 Å². The number of nitrogens with one attached hydrogen (secondary N) is 10. The standard InChI is InChI=1S/C53H77N19O12/c1-25(2)42(72-49(81)38(20-29-24-64-34-14-8-6-12-31(29)34)70-43(75)26(3)65-45(77)32(54)21-40(55)73)50(82)66-27(4)44(76)69-37(19-28-23-63-33-13-7-5-11-30(28)33)47(79)67-35(15-9-17-61-52(57)58)46(78)71-39(22-41(56)74)48(80)68-36(51(83)84)16-10-18-62-53(59)60/h5-8,11-14,23-27,32,35-39,42,63-64H,9-10,15-22,54H2,1-4H3,(H2,55,73)(H2,56,74)(H,65,77)(H,66,82)(H,67,79)(H,68,80)(H,69,76)(H,70,75)(H,71,78)(H,72,81)(H,83,84)(H4,57,58,61)(H4,59,60,62)/t26-,27-,32-,35-,36-,37-,38-,39-,42-/m0/s1. The van der Waals surface area contributed by atoms with Gasteiger partial charge in [-0.05, 0) is 68.7 Å². The lowest BCUT2D eigenvalue weighted by molar-refractivity contribution is -0.142. The SMILES string of the molecule is CC(C)[C@H](NC(=O)[C@H](Cc1c[nH]c2ccccc12)NC(=O)[C@H](C)NC(=O)[C@@H](N)CC(N)=O)C(=O)N[C@@H](C)C(=O)N[C@@H](Cc1c[nH]c2ccccc12)C(=O)N[C@@H](CCCN=C(N)N)C(=O)N[C@@H](CC(N)=O)C(=O)N[C@@H](CCCN=C(N)N)C(=O)O. The van der Waals surface area contributed by atoms with Crippen molar-refractivity contribution in [3.8, 4) is 0 Å². The molecule has 31 heteroatoms. The molecule has 2 aromatic heterocycles. The molecular weight excluding hydrogens is 1090 g/mol. The van der Waals surface area contributed by atoms with E-state index in [1.165, 1.54) is 13.8 Å². The van der Waals surface area contributed by atoms with Gasteiger partial charge < -0.3 is 97.7 Å². The molecule has 0 saturated carbocycles. The predicted molar refractivity (Wildman–Crippen MR) is 309 cm³/mol. The monoisotopic (exact) mass is 1170 g/mol. The van der Waals surface area contributed by atoms with Crippen LogP contribution in [-0.4, -0.2) is 160 Å². The van der Waals surface area contributed by atoms with Crippen LogP contribution in [0.4, 0.5) is 0 Å². The maximum absolute atomic E-state index is 14.6. The number of carbonyl (C=O) groups excluding carboxylic acids is 10. The lowest BCUT2D eigenvalue weighted by atomic mass is 10.00. The Morgan fingerprint density at radius 3 is 1.32 bits per heavy atom. The van der Waals surface area contributed by atoms with E-state index >= 15 is 0 Å². The fourth-order valence-electron chi connectivity index (χ4n) is 8.67. The Morgan fingerprint density at radius 2 is 0.869 bits per heavy atom. The first-order chi connectivity index (χ1) is 39.6. The van der Waals surface area contributed by atoms with Crippen LogP contribution in [0.3, 0.4) is 0 Å². The molecule has 0 saturated heterocycles. The quantitative estimate of drug-likeness (QED) is 0.0119. The number of nitrogens with two attached hydrogens (primary N) is 7. The number of hydrogen-bond acceptors (Lipinski definition) is 14. The molecule has 456 valence electrons. The zero-order chi connectivity index (χ0) is 62.4. The Kier molecular flexibility index (Phi) is 25.4. The topological polar surface area (TPSA) is 543 Å². The van der Waals surface area contributed by atoms with E-state index in [0.717, 1.165) is 10.9 Å². The van der Waals surface area contributed by atoms with E-state index < -0.39 is 138 Å². The van der Waals surface area contributed by atoms with E-state index in [-0.39, 0.29) is 63.5 Å². The van der Waals surface area contributed by atoms with E-state index in [9.17, 15) is 57.8 Å². The minimum atomic E-state index is -1.74. The number of aliphatic imine (C=N–C) groups is 2. The van der Waals surface area contributed by atoms with Crippen LogP contribution in [0.15, 0.2) is 70.9 Å². The Labute approximate surface area is 482 Å². The van der Waals surface area contributed by atoms with Crippen molar-refractivity contribution >= 4 is 98.8 Å². The van der Waals surface area contributed by atoms with Crippen LogP contribution in [-0.2, 0) is 65.6 Å². The predicted octanol–water partition coefficient (Wildman–Crippen LogP) is -4.72. The molecule has 0 fully saturated rings. The van der Waals surface area contributed by atoms with Crippen LogP contribution >= 0.6 is 0 Å². The number of aromatic nitrogens is 2. The third kappa shape index (κ3) is 20.9. The van der Waals surface area contributed by atoms with Gasteiger partial charge in [-0.3, -0.25) is 57.9 Å². The lowest BCUT2D eigenvalue weighted by Crippen LogP contribution is -2.61. The number of carboxylic acid groups (broad SMARTS) is 1.